The Balaban J connectivity index is 1.70. The van der Waals surface area contributed by atoms with Crippen LogP contribution >= 0.6 is 22.6 Å². The summed E-state index contributed by atoms with van der Waals surface area (Å²) in [4.78, 5) is 23.4. The number of rotatable bonds is 1. The van der Waals surface area contributed by atoms with Gasteiger partial charge in [-0.1, -0.05) is 0 Å². The molecule has 1 saturated heterocycles. The highest BCUT2D eigenvalue weighted by Crippen LogP contribution is 2.30. The van der Waals surface area contributed by atoms with Gasteiger partial charge in [-0.25, -0.2) is 9.78 Å². The second kappa shape index (κ2) is 6.92. The molecular weight excluding hydrogens is 455 g/mol. The molecule has 0 spiro atoms. The molecule has 1 aliphatic rings. The fraction of sp³-hybridized carbons (Fsp3) is 0.450. The molecule has 1 fully saturated rings. The molecule has 7 heteroatoms. The fourth-order valence-electron chi connectivity index (χ4n) is 3.64. The molecule has 1 atom stereocenters. The number of nitrogens with zero attached hydrogens (tertiary/aromatic N) is 4. The van der Waals surface area contributed by atoms with Gasteiger partial charge in [-0.15, -0.1) is 0 Å². The average Bonchev–Trinajstić information content (AvgIpc) is 3.05. The maximum atomic E-state index is 12.5. The SMILES string of the molecule is CC(C)(C)OC(=O)N1CCC[C@H](n2cnc3cnc4ccc(I)cc4c32)C1. The highest BCUT2D eigenvalue weighted by atomic mass is 127. The van der Waals surface area contributed by atoms with Crippen molar-refractivity contribution in [1.82, 2.24) is 19.4 Å². The van der Waals surface area contributed by atoms with Crippen LogP contribution in [0.25, 0.3) is 21.9 Å². The Bertz CT molecular complexity index is 1010. The molecule has 4 rings (SSSR count). The van der Waals surface area contributed by atoms with Crippen LogP contribution in [0.2, 0.25) is 0 Å². The van der Waals surface area contributed by atoms with E-state index in [9.17, 15) is 4.79 Å². The maximum Gasteiger partial charge on any atom is 0.410 e. The van der Waals surface area contributed by atoms with Crippen LogP contribution in [0.3, 0.4) is 0 Å². The number of imidazole rings is 1. The summed E-state index contributed by atoms with van der Waals surface area (Å²) in [5, 5.41) is 1.10. The summed E-state index contributed by atoms with van der Waals surface area (Å²) in [5.41, 5.74) is 2.46. The largest absolute Gasteiger partial charge is 0.444 e. The van der Waals surface area contributed by atoms with Crippen molar-refractivity contribution >= 4 is 50.6 Å². The summed E-state index contributed by atoms with van der Waals surface area (Å²) < 4.78 is 8.95. The highest BCUT2D eigenvalue weighted by molar-refractivity contribution is 14.1. The van der Waals surface area contributed by atoms with Crippen LogP contribution in [-0.2, 0) is 4.74 Å². The lowest BCUT2D eigenvalue weighted by Gasteiger charge is -2.34. The molecule has 27 heavy (non-hydrogen) atoms. The van der Waals surface area contributed by atoms with Crippen LogP contribution < -0.4 is 0 Å². The number of hydrogen-bond acceptors (Lipinski definition) is 4. The first-order valence-corrected chi connectivity index (χ1v) is 10.3. The number of halogens is 1. The van der Waals surface area contributed by atoms with Crippen molar-refractivity contribution in [2.24, 2.45) is 0 Å². The summed E-state index contributed by atoms with van der Waals surface area (Å²) in [6.45, 7) is 7.07. The molecule has 0 N–H and O–H groups in total. The number of hydrogen-bond donors (Lipinski definition) is 0. The Morgan fingerprint density at radius 1 is 1.26 bits per heavy atom. The second-order valence-corrected chi connectivity index (χ2v) is 9.27. The van der Waals surface area contributed by atoms with Crippen molar-refractivity contribution in [2.45, 2.75) is 45.3 Å². The summed E-state index contributed by atoms with van der Waals surface area (Å²) in [6.07, 6.45) is 5.44. The monoisotopic (exact) mass is 478 g/mol. The van der Waals surface area contributed by atoms with E-state index >= 15 is 0 Å². The van der Waals surface area contributed by atoms with Crippen LogP contribution in [-0.4, -0.2) is 44.2 Å². The molecule has 0 unspecified atom stereocenters. The molecule has 142 valence electrons. The van der Waals surface area contributed by atoms with E-state index in [0.717, 1.165) is 41.3 Å². The topological polar surface area (TPSA) is 60.2 Å². The van der Waals surface area contributed by atoms with E-state index < -0.39 is 5.60 Å². The zero-order chi connectivity index (χ0) is 19.2. The van der Waals surface area contributed by atoms with Gasteiger partial charge in [0.05, 0.1) is 29.6 Å². The third-order valence-electron chi connectivity index (χ3n) is 4.80. The van der Waals surface area contributed by atoms with Gasteiger partial charge in [-0.2, -0.15) is 0 Å². The van der Waals surface area contributed by atoms with Gasteiger partial charge in [0.15, 0.2) is 0 Å². The third kappa shape index (κ3) is 3.74. The van der Waals surface area contributed by atoms with Gasteiger partial charge in [0.1, 0.15) is 11.1 Å². The normalized spacial score (nSPS) is 18.2. The van der Waals surface area contributed by atoms with Crippen molar-refractivity contribution in [3.05, 3.63) is 34.3 Å². The zero-order valence-electron chi connectivity index (χ0n) is 15.8. The third-order valence-corrected chi connectivity index (χ3v) is 5.47. The van der Waals surface area contributed by atoms with Gasteiger partial charge in [0.25, 0.3) is 0 Å². The van der Waals surface area contributed by atoms with E-state index in [1.54, 1.807) is 0 Å². The van der Waals surface area contributed by atoms with Crippen molar-refractivity contribution in [3.63, 3.8) is 0 Å². The van der Waals surface area contributed by atoms with Gasteiger partial charge < -0.3 is 14.2 Å². The zero-order valence-corrected chi connectivity index (χ0v) is 17.9. The summed E-state index contributed by atoms with van der Waals surface area (Å²) in [5.74, 6) is 0. The summed E-state index contributed by atoms with van der Waals surface area (Å²) in [6, 6.07) is 6.44. The van der Waals surface area contributed by atoms with Crippen LogP contribution in [0, 0.1) is 3.57 Å². The predicted octanol–water partition coefficient (Wildman–Crippen LogP) is 4.76. The molecule has 0 saturated carbocycles. The summed E-state index contributed by atoms with van der Waals surface area (Å²) >= 11 is 2.32. The Morgan fingerprint density at radius 2 is 2.07 bits per heavy atom. The Labute approximate surface area is 172 Å². The number of fused-ring (bicyclic) bond motifs is 3. The molecule has 0 radical (unpaired) electrons. The second-order valence-electron chi connectivity index (χ2n) is 8.03. The lowest BCUT2D eigenvalue weighted by Crippen LogP contribution is -2.43. The Hall–Kier alpha value is -1.90. The van der Waals surface area contributed by atoms with Gasteiger partial charge in [-0.3, -0.25) is 4.98 Å². The number of aromatic nitrogens is 3. The predicted molar refractivity (Wildman–Crippen MR) is 114 cm³/mol. The number of ether oxygens (including phenoxy) is 1. The minimum Gasteiger partial charge on any atom is -0.444 e. The molecule has 1 aromatic carbocycles. The number of piperidine rings is 1. The van der Waals surface area contributed by atoms with Crippen molar-refractivity contribution < 1.29 is 9.53 Å². The highest BCUT2D eigenvalue weighted by Gasteiger charge is 2.29. The molecule has 2 aromatic heterocycles. The average molecular weight is 478 g/mol. The van der Waals surface area contributed by atoms with Crippen LogP contribution in [0.5, 0.6) is 0 Å². The molecule has 0 bridgehead atoms. The fourth-order valence-corrected chi connectivity index (χ4v) is 4.13. The molecule has 1 amide bonds. The quantitative estimate of drug-likeness (QED) is 0.474. The number of pyridine rings is 1. The van der Waals surface area contributed by atoms with E-state index in [0.29, 0.717) is 6.54 Å². The van der Waals surface area contributed by atoms with Crippen molar-refractivity contribution in [3.8, 4) is 0 Å². The number of amides is 1. The van der Waals surface area contributed by atoms with Crippen LogP contribution in [0.4, 0.5) is 4.79 Å². The maximum absolute atomic E-state index is 12.5. The molecule has 6 nitrogen and oxygen atoms in total. The lowest BCUT2D eigenvalue weighted by atomic mass is 10.1. The van der Waals surface area contributed by atoms with Gasteiger partial charge in [-0.05, 0) is 74.4 Å². The van der Waals surface area contributed by atoms with Crippen molar-refractivity contribution in [1.29, 1.82) is 0 Å². The molecule has 3 aromatic rings. The smallest absolute Gasteiger partial charge is 0.410 e. The van der Waals surface area contributed by atoms with E-state index in [1.165, 1.54) is 3.57 Å². The van der Waals surface area contributed by atoms with E-state index in [-0.39, 0.29) is 12.1 Å². The van der Waals surface area contributed by atoms with Crippen LogP contribution in [0.1, 0.15) is 39.7 Å². The van der Waals surface area contributed by atoms with E-state index in [2.05, 4.69) is 49.3 Å². The van der Waals surface area contributed by atoms with Crippen molar-refractivity contribution in [2.75, 3.05) is 13.1 Å². The number of benzene rings is 1. The molecular formula is C20H23IN4O2. The molecule has 3 heterocycles. The van der Waals surface area contributed by atoms with Gasteiger partial charge in [0.2, 0.25) is 0 Å². The van der Waals surface area contributed by atoms with Crippen LogP contribution in [0.15, 0.2) is 30.7 Å². The number of carbonyl (C=O) groups excluding carboxylic acids is 1. The minimum atomic E-state index is -0.482. The first kappa shape index (κ1) is 18.5. The minimum absolute atomic E-state index is 0.180. The number of likely N-dealkylation sites (tertiary alicyclic amines) is 1. The van der Waals surface area contributed by atoms with Gasteiger partial charge in [0, 0.05) is 22.0 Å². The Kier molecular flexibility index (Phi) is 4.73. The molecule has 0 aliphatic carbocycles. The Morgan fingerprint density at radius 3 is 2.85 bits per heavy atom. The summed E-state index contributed by atoms with van der Waals surface area (Å²) in [7, 11) is 0. The standard InChI is InChI=1S/C20H23IN4O2/c1-20(2,3)27-19(26)24-8-4-5-14(11-24)25-12-23-17-10-22-16-7-6-13(21)9-15(16)18(17)25/h6-7,9-10,12,14H,4-5,8,11H2,1-3H3/t14-/m0/s1. The molecule has 1 aliphatic heterocycles. The first-order valence-electron chi connectivity index (χ1n) is 9.20. The first-order chi connectivity index (χ1) is 12.8. The van der Waals surface area contributed by atoms with E-state index in [4.69, 9.17) is 4.74 Å². The van der Waals surface area contributed by atoms with Gasteiger partial charge >= 0.3 is 6.09 Å². The lowest BCUT2D eigenvalue weighted by molar-refractivity contribution is 0.0174. The van der Waals surface area contributed by atoms with E-state index in [1.807, 2.05) is 44.3 Å². The number of carbonyl (C=O) groups is 1.